The van der Waals surface area contributed by atoms with E-state index in [4.69, 9.17) is 0 Å². The molecule has 0 bridgehead atoms. The fourth-order valence-corrected chi connectivity index (χ4v) is 3.87. The molecule has 2 aromatic carbocycles. The van der Waals surface area contributed by atoms with Gasteiger partial charge >= 0.3 is 0 Å². The van der Waals surface area contributed by atoms with E-state index < -0.39 is 15.1 Å². The summed E-state index contributed by atoms with van der Waals surface area (Å²) < 4.78 is 24.3. The second-order valence-corrected chi connectivity index (χ2v) is 9.24. The van der Waals surface area contributed by atoms with Crippen LogP contribution in [0.2, 0.25) is 0 Å². The molecule has 0 radical (unpaired) electrons. The smallest absolute Gasteiger partial charge is 0.272 e. The molecule has 0 saturated heterocycles. The summed E-state index contributed by atoms with van der Waals surface area (Å²) in [5.74, 6) is -0.225. The minimum absolute atomic E-state index is 0.114. The van der Waals surface area contributed by atoms with Crippen LogP contribution in [0.3, 0.4) is 0 Å². The van der Waals surface area contributed by atoms with Gasteiger partial charge in [0.05, 0.1) is 34.2 Å². The van der Waals surface area contributed by atoms with E-state index in [9.17, 15) is 18.0 Å². The number of rotatable bonds is 6. The Hall–Kier alpha value is -3.00. The number of benzene rings is 2. The topological polar surface area (TPSA) is 109 Å². The zero-order valence-corrected chi connectivity index (χ0v) is 16.4. The zero-order chi connectivity index (χ0) is 20.3. The number of sulfone groups is 1. The predicted molar refractivity (Wildman–Crippen MR) is 107 cm³/mol. The van der Waals surface area contributed by atoms with Crippen molar-refractivity contribution in [1.29, 1.82) is 0 Å². The Morgan fingerprint density at radius 2 is 1.71 bits per heavy atom. The number of aromatic nitrogens is 2. The van der Waals surface area contributed by atoms with Gasteiger partial charge in [-0.1, -0.05) is 30.3 Å². The van der Waals surface area contributed by atoms with Crippen LogP contribution in [0, 0.1) is 0 Å². The van der Waals surface area contributed by atoms with Gasteiger partial charge in [0.15, 0.2) is 9.84 Å². The molecule has 0 unspecified atom stereocenters. The van der Waals surface area contributed by atoms with Crippen molar-refractivity contribution in [2.75, 3.05) is 0 Å². The number of hydrogen-bond donors (Lipinski definition) is 2. The Kier molecular flexibility index (Phi) is 5.60. The maximum atomic E-state index is 12.2. The third-order valence-corrected chi connectivity index (χ3v) is 6.64. The van der Waals surface area contributed by atoms with E-state index in [1.54, 1.807) is 44.2 Å². The van der Waals surface area contributed by atoms with Gasteiger partial charge in [0.25, 0.3) is 5.56 Å². The van der Waals surface area contributed by atoms with E-state index >= 15 is 0 Å². The van der Waals surface area contributed by atoms with Crippen LogP contribution in [0.4, 0.5) is 0 Å². The summed E-state index contributed by atoms with van der Waals surface area (Å²) in [5, 5.41) is 9.94. The quantitative estimate of drug-likeness (QED) is 0.659. The average molecular weight is 399 g/mol. The number of carbonyl (C=O) groups excluding carboxylic acids is 1. The molecule has 7 nitrogen and oxygen atoms in total. The van der Waals surface area contributed by atoms with Crippen molar-refractivity contribution in [3.8, 4) is 0 Å². The molecule has 8 heteroatoms. The molecule has 0 aliphatic carbocycles. The Balaban J connectivity index is 1.67. The van der Waals surface area contributed by atoms with Crippen molar-refractivity contribution in [2.45, 2.75) is 37.0 Å². The summed E-state index contributed by atoms with van der Waals surface area (Å²) in [5.41, 5.74) is 1.00. The fourth-order valence-electron chi connectivity index (χ4n) is 2.81. The van der Waals surface area contributed by atoms with E-state index in [0.29, 0.717) is 22.0 Å². The molecular formula is C20H21N3O4S. The summed E-state index contributed by atoms with van der Waals surface area (Å²) in [4.78, 5) is 24.3. The summed E-state index contributed by atoms with van der Waals surface area (Å²) in [6.07, 6.45) is 0.114. The van der Waals surface area contributed by atoms with Crippen LogP contribution < -0.4 is 10.9 Å². The molecule has 0 aliphatic rings. The first-order valence-corrected chi connectivity index (χ1v) is 10.4. The predicted octanol–water partition coefficient (Wildman–Crippen LogP) is 1.96. The van der Waals surface area contributed by atoms with Gasteiger partial charge in [-0.15, -0.1) is 0 Å². The number of nitrogens with zero attached hydrogens (tertiary/aromatic N) is 1. The summed E-state index contributed by atoms with van der Waals surface area (Å²) in [6, 6.07) is 13.4. The number of aromatic amines is 1. The summed E-state index contributed by atoms with van der Waals surface area (Å²) in [6.45, 7) is 3.44. The molecule has 2 N–H and O–H groups in total. The number of H-pyrrole nitrogens is 1. The molecule has 3 aromatic rings. The van der Waals surface area contributed by atoms with Crippen molar-refractivity contribution in [1.82, 2.24) is 15.5 Å². The lowest BCUT2D eigenvalue weighted by Gasteiger charge is -2.09. The zero-order valence-electron chi connectivity index (χ0n) is 15.6. The van der Waals surface area contributed by atoms with Crippen LogP contribution in [0.5, 0.6) is 0 Å². The first kappa shape index (κ1) is 19.8. The Morgan fingerprint density at radius 3 is 2.36 bits per heavy atom. The molecule has 0 aliphatic heterocycles. The van der Waals surface area contributed by atoms with Crippen LogP contribution in [0.25, 0.3) is 10.8 Å². The SMILES string of the molecule is CC(C)S(=O)(=O)c1ccc(CC(=O)NCc2n[nH]c(=O)c3ccccc23)cc1. The van der Waals surface area contributed by atoms with Gasteiger partial charge in [0, 0.05) is 5.39 Å². The Labute approximate surface area is 162 Å². The molecule has 28 heavy (non-hydrogen) atoms. The van der Waals surface area contributed by atoms with Crippen LogP contribution in [0.1, 0.15) is 25.1 Å². The summed E-state index contributed by atoms with van der Waals surface area (Å²) in [7, 11) is -3.33. The highest BCUT2D eigenvalue weighted by molar-refractivity contribution is 7.92. The highest BCUT2D eigenvalue weighted by atomic mass is 32.2. The molecule has 1 heterocycles. The lowest BCUT2D eigenvalue weighted by Crippen LogP contribution is -2.26. The van der Waals surface area contributed by atoms with Crippen molar-refractivity contribution in [2.24, 2.45) is 0 Å². The number of hydrogen-bond acceptors (Lipinski definition) is 5. The molecule has 1 aromatic heterocycles. The average Bonchev–Trinajstić information content (AvgIpc) is 2.68. The molecule has 3 rings (SSSR count). The monoisotopic (exact) mass is 399 g/mol. The maximum absolute atomic E-state index is 12.2. The van der Waals surface area contributed by atoms with Crippen molar-refractivity contribution < 1.29 is 13.2 Å². The number of carbonyl (C=O) groups is 1. The van der Waals surface area contributed by atoms with E-state index in [2.05, 4.69) is 15.5 Å². The van der Waals surface area contributed by atoms with E-state index in [1.807, 2.05) is 6.07 Å². The highest BCUT2D eigenvalue weighted by Crippen LogP contribution is 2.17. The molecule has 146 valence electrons. The van der Waals surface area contributed by atoms with Crippen LogP contribution >= 0.6 is 0 Å². The highest BCUT2D eigenvalue weighted by Gasteiger charge is 2.18. The van der Waals surface area contributed by atoms with Gasteiger partial charge in [-0.25, -0.2) is 13.5 Å². The van der Waals surface area contributed by atoms with E-state index in [-0.39, 0.29) is 29.3 Å². The molecule has 0 spiro atoms. The molecule has 0 fully saturated rings. The van der Waals surface area contributed by atoms with Crippen molar-refractivity contribution in [3.63, 3.8) is 0 Å². The number of nitrogens with one attached hydrogen (secondary N) is 2. The van der Waals surface area contributed by atoms with Gasteiger partial charge in [-0.05, 0) is 37.6 Å². The van der Waals surface area contributed by atoms with Gasteiger partial charge in [0.2, 0.25) is 5.91 Å². The molecule has 0 atom stereocenters. The third kappa shape index (κ3) is 4.12. The normalized spacial score (nSPS) is 11.7. The lowest BCUT2D eigenvalue weighted by atomic mass is 10.1. The molecular weight excluding hydrogens is 378 g/mol. The minimum atomic E-state index is -3.33. The van der Waals surface area contributed by atoms with Crippen molar-refractivity contribution in [3.05, 3.63) is 70.1 Å². The minimum Gasteiger partial charge on any atom is -0.350 e. The van der Waals surface area contributed by atoms with Crippen LogP contribution in [0.15, 0.2) is 58.2 Å². The summed E-state index contributed by atoms with van der Waals surface area (Å²) >= 11 is 0. The Bertz CT molecular complexity index is 1170. The van der Waals surface area contributed by atoms with Crippen LogP contribution in [-0.4, -0.2) is 29.8 Å². The molecule has 1 amide bonds. The largest absolute Gasteiger partial charge is 0.350 e. The van der Waals surface area contributed by atoms with Gasteiger partial charge in [0.1, 0.15) is 0 Å². The second-order valence-electron chi connectivity index (χ2n) is 6.74. The van der Waals surface area contributed by atoms with Gasteiger partial charge in [-0.2, -0.15) is 5.10 Å². The Morgan fingerprint density at radius 1 is 1.07 bits per heavy atom. The second kappa shape index (κ2) is 7.93. The molecule has 0 saturated carbocycles. The lowest BCUT2D eigenvalue weighted by molar-refractivity contribution is -0.120. The van der Waals surface area contributed by atoms with Gasteiger partial charge < -0.3 is 5.32 Å². The first-order valence-electron chi connectivity index (χ1n) is 8.85. The standard InChI is InChI=1S/C20H21N3O4S/c1-13(2)28(26,27)15-9-7-14(8-10-15)11-19(24)21-12-18-16-5-3-4-6-17(16)20(25)23-22-18/h3-10,13H,11-12H2,1-2H3,(H,21,24)(H,23,25). The van der Waals surface area contributed by atoms with E-state index in [1.165, 1.54) is 12.1 Å². The van der Waals surface area contributed by atoms with Crippen molar-refractivity contribution >= 4 is 26.5 Å². The van der Waals surface area contributed by atoms with Crippen LogP contribution in [-0.2, 0) is 27.6 Å². The van der Waals surface area contributed by atoms with E-state index in [0.717, 1.165) is 0 Å². The fraction of sp³-hybridized carbons (Fsp3) is 0.250. The number of fused-ring (bicyclic) bond motifs is 1. The number of amides is 1. The first-order chi connectivity index (χ1) is 13.3. The third-order valence-electron chi connectivity index (χ3n) is 4.47. The van der Waals surface area contributed by atoms with Gasteiger partial charge in [-0.3, -0.25) is 9.59 Å². The maximum Gasteiger partial charge on any atom is 0.272 e.